The minimum Gasteiger partial charge on any atom is -0.475 e. The Morgan fingerprint density at radius 1 is 1.03 bits per heavy atom. The van der Waals surface area contributed by atoms with Gasteiger partial charge in [-0.3, -0.25) is 4.79 Å². The molecule has 9 heteroatoms. The van der Waals surface area contributed by atoms with Crippen LogP contribution in [0.3, 0.4) is 0 Å². The lowest BCUT2D eigenvalue weighted by Gasteiger charge is -2.08. The van der Waals surface area contributed by atoms with Crippen molar-refractivity contribution in [3.63, 3.8) is 0 Å². The van der Waals surface area contributed by atoms with Gasteiger partial charge in [0.2, 0.25) is 5.88 Å². The van der Waals surface area contributed by atoms with Gasteiger partial charge in [0, 0.05) is 21.5 Å². The molecule has 0 bridgehead atoms. The third-order valence-electron chi connectivity index (χ3n) is 4.34. The van der Waals surface area contributed by atoms with E-state index in [0.717, 1.165) is 15.7 Å². The van der Waals surface area contributed by atoms with Crippen LogP contribution in [0.15, 0.2) is 78.8 Å². The van der Waals surface area contributed by atoms with Gasteiger partial charge in [-0.05, 0) is 40.2 Å². The van der Waals surface area contributed by atoms with E-state index in [-0.39, 0.29) is 18.7 Å². The molecule has 2 heterocycles. The van der Waals surface area contributed by atoms with Gasteiger partial charge in [-0.25, -0.2) is 4.79 Å². The standard InChI is InChI=1S/C22H15Br2N3O4/c23-15-10-14-11-16(22(29)31-20(14)17(24)12-15)21(28)25-8-9-30-19-7-6-18(26-27-19)13-4-2-1-3-5-13/h1-7,10-12H,8-9H2,(H,25,28). The molecule has 0 aliphatic rings. The minimum atomic E-state index is -0.712. The lowest BCUT2D eigenvalue weighted by molar-refractivity contribution is 0.0943. The van der Waals surface area contributed by atoms with Gasteiger partial charge in [-0.2, -0.15) is 0 Å². The maximum absolute atomic E-state index is 12.4. The van der Waals surface area contributed by atoms with Crippen LogP contribution in [0.25, 0.3) is 22.2 Å². The molecule has 0 saturated heterocycles. The molecular formula is C22H15Br2N3O4. The van der Waals surface area contributed by atoms with Crippen molar-refractivity contribution in [3.8, 4) is 17.1 Å². The van der Waals surface area contributed by atoms with Gasteiger partial charge < -0.3 is 14.5 Å². The Morgan fingerprint density at radius 2 is 1.84 bits per heavy atom. The quantitative estimate of drug-likeness (QED) is 0.282. The molecule has 0 saturated carbocycles. The van der Waals surface area contributed by atoms with Gasteiger partial charge in [-0.15, -0.1) is 10.2 Å². The van der Waals surface area contributed by atoms with Crippen molar-refractivity contribution in [1.29, 1.82) is 0 Å². The molecule has 0 radical (unpaired) electrons. The molecule has 0 aliphatic carbocycles. The summed E-state index contributed by atoms with van der Waals surface area (Å²) in [5, 5.41) is 11.4. The van der Waals surface area contributed by atoms with Gasteiger partial charge in [0.25, 0.3) is 5.91 Å². The van der Waals surface area contributed by atoms with E-state index in [1.54, 1.807) is 18.2 Å². The summed E-state index contributed by atoms with van der Waals surface area (Å²) in [5.74, 6) is -0.199. The van der Waals surface area contributed by atoms with E-state index in [1.165, 1.54) is 6.07 Å². The molecule has 2 aromatic heterocycles. The number of carbonyl (C=O) groups excluding carboxylic acids is 1. The van der Waals surface area contributed by atoms with Crippen LogP contribution in [0, 0.1) is 0 Å². The summed E-state index contributed by atoms with van der Waals surface area (Å²) in [6.45, 7) is 0.349. The molecule has 4 rings (SSSR count). The molecule has 0 fully saturated rings. The maximum Gasteiger partial charge on any atom is 0.349 e. The monoisotopic (exact) mass is 543 g/mol. The predicted octanol–water partition coefficient (Wildman–Crippen LogP) is 4.58. The van der Waals surface area contributed by atoms with Crippen LogP contribution in [0.1, 0.15) is 10.4 Å². The number of halogens is 2. The first-order chi connectivity index (χ1) is 15.0. The smallest absolute Gasteiger partial charge is 0.349 e. The molecule has 7 nitrogen and oxygen atoms in total. The summed E-state index contributed by atoms with van der Waals surface area (Å²) in [4.78, 5) is 24.6. The molecule has 0 atom stereocenters. The fourth-order valence-corrected chi connectivity index (χ4v) is 4.23. The van der Waals surface area contributed by atoms with Gasteiger partial charge in [-0.1, -0.05) is 46.3 Å². The van der Waals surface area contributed by atoms with Crippen LogP contribution in [-0.2, 0) is 0 Å². The molecule has 0 unspecified atom stereocenters. The zero-order valence-corrected chi connectivity index (χ0v) is 19.1. The molecule has 0 aliphatic heterocycles. The Morgan fingerprint density at radius 3 is 2.58 bits per heavy atom. The average Bonchev–Trinajstić information content (AvgIpc) is 2.78. The Kier molecular flexibility index (Phi) is 6.43. The Bertz CT molecular complexity index is 1290. The molecule has 0 spiro atoms. The van der Waals surface area contributed by atoms with E-state index < -0.39 is 11.5 Å². The first kappa shape index (κ1) is 21.2. The zero-order chi connectivity index (χ0) is 21.8. The summed E-state index contributed by atoms with van der Waals surface area (Å²) in [5.41, 5.74) is 1.29. The van der Waals surface area contributed by atoms with Crippen molar-refractivity contribution in [2.75, 3.05) is 13.2 Å². The molecule has 1 N–H and O–H groups in total. The first-order valence-electron chi connectivity index (χ1n) is 9.24. The number of amides is 1. The highest BCUT2D eigenvalue weighted by atomic mass is 79.9. The van der Waals surface area contributed by atoms with E-state index in [0.29, 0.717) is 21.3 Å². The number of fused-ring (bicyclic) bond motifs is 1. The van der Waals surface area contributed by atoms with E-state index in [2.05, 4.69) is 47.4 Å². The lowest BCUT2D eigenvalue weighted by atomic mass is 10.1. The second-order valence-electron chi connectivity index (χ2n) is 6.48. The molecule has 4 aromatic rings. The molecular weight excluding hydrogens is 530 g/mol. The Balaban J connectivity index is 1.35. The summed E-state index contributed by atoms with van der Waals surface area (Å²) in [6.07, 6.45) is 0. The van der Waals surface area contributed by atoms with Crippen molar-refractivity contribution >= 4 is 48.7 Å². The summed E-state index contributed by atoms with van der Waals surface area (Å²) in [6, 6.07) is 18.2. The number of nitrogens with zero attached hydrogens (tertiary/aromatic N) is 2. The number of benzene rings is 2. The van der Waals surface area contributed by atoms with Gasteiger partial charge in [0.15, 0.2) is 5.58 Å². The third-order valence-corrected chi connectivity index (χ3v) is 5.39. The van der Waals surface area contributed by atoms with Crippen LogP contribution < -0.4 is 15.7 Å². The van der Waals surface area contributed by atoms with Crippen molar-refractivity contribution < 1.29 is 13.9 Å². The van der Waals surface area contributed by atoms with E-state index in [9.17, 15) is 9.59 Å². The van der Waals surface area contributed by atoms with Gasteiger partial charge in [0.1, 0.15) is 12.2 Å². The summed E-state index contributed by atoms with van der Waals surface area (Å²) in [7, 11) is 0. The van der Waals surface area contributed by atoms with Crippen LogP contribution in [0.5, 0.6) is 5.88 Å². The highest BCUT2D eigenvalue weighted by Gasteiger charge is 2.15. The van der Waals surface area contributed by atoms with Crippen molar-refractivity contribution in [3.05, 3.63) is 85.6 Å². The van der Waals surface area contributed by atoms with E-state index >= 15 is 0 Å². The average molecular weight is 545 g/mol. The highest BCUT2D eigenvalue weighted by molar-refractivity contribution is 9.11. The number of aromatic nitrogens is 2. The second-order valence-corrected chi connectivity index (χ2v) is 8.25. The van der Waals surface area contributed by atoms with Gasteiger partial charge >= 0.3 is 5.63 Å². The number of hydrogen-bond donors (Lipinski definition) is 1. The van der Waals surface area contributed by atoms with Crippen LogP contribution in [-0.4, -0.2) is 29.3 Å². The normalized spacial score (nSPS) is 10.8. The van der Waals surface area contributed by atoms with Crippen LogP contribution in [0.2, 0.25) is 0 Å². The zero-order valence-electron chi connectivity index (χ0n) is 16.0. The minimum absolute atomic E-state index is 0.0792. The predicted molar refractivity (Wildman–Crippen MR) is 123 cm³/mol. The largest absolute Gasteiger partial charge is 0.475 e. The fraction of sp³-hybridized carbons (Fsp3) is 0.0909. The number of rotatable bonds is 6. The van der Waals surface area contributed by atoms with Crippen molar-refractivity contribution in [2.24, 2.45) is 0 Å². The van der Waals surface area contributed by atoms with Gasteiger partial charge in [0.05, 0.1) is 16.7 Å². The van der Waals surface area contributed by atoms with Crippen LogP contribution in [0.4, 0.5) is 0 Å². The number of ether oxygens (including phenoxy) is 1. The molecule has 2 aromatic carbocycles. The first-order valence-corrected chi connectivity index (χ1v) is 10.8. The number of carbonyl (C=O) groups is 1. The maximum atomic E-state index is 12.4. The summed E-state index contributed by atoms with van der Waals surface area (Å²) >= 11 is 6.72. The van der Waals surface area contributed by atoms with Crippen molar-refractivity contribution in [1.82, 2.24) is 15.5 Å². The van der Waals surface area contributed by atoms with Crippen molar-refractivity contribution in [2.45, 2.75) is 0 Å². The molecule has 156 valence electrons. The third kappa shape index (κ3) is 5.00. The number of hydrogen-bond acceptors (Lipinski definition) is 6. The highest BCUT2D eigenvalue weighted by Crippen LogP contribution is 2.28. The second kappa shape index (κ2) is 9.40. The molecule has 1 amide bonds. The fourth-order valence-electron chi connectivity index (χ4n) is 2.89. The number of nitrogens with one attached hydrogen (secondary N) is 1. The van der Waals surface area contributed by atoms with Crippen LogP contribution >= 0.6 is 31.9 Å². The summed E-state index contributed by atoms with van der Waals surface area (Å²) < 4.78 is 12.2. The molecule has 31 heavy (non-hydrogen) atoms. The topological polar surface area (TPSA) is 94.3 Å². The van der Waals surface area contributed by atoms with E-state index in [1.807, 2.05) is 36.4 Å². The SMILES string of the molecule is O=C(NCCOc1ccc(-c2ccccc2)nn1)c1cc2cc(Br)cc(Br)c2oc1=O. The lowest BCUT2D eigenvalue weighted by Crippen LogP contribution is -2.31. The van der Waals surface area contributed by atoms with E-state index in [4.69, 9.17) is 9.15 Å². The Labute approximate surface area is 193 Å². The Hall–Kier alpha value is -3.04.